The molecule has 6 heteroatoms. The fourth-order valence-corrected chi connectivity index (χ4v) is 4.89. The molecule has 0 amide bonds. The average molecular weight is 331 g/mol. The standard InChI is InChI=1S/C13H14Cl3OP.Li/c14-8-6-10(15)12(11(16)7-8)13(17)18-9-4-2-1-3-5-9;/h6-7,9,18H,1-5H2;. The van der Waals surface area contributed by atoms with E-state index in [9.17, 15) is 4.79 Å². The van der Waals surface area contributed by atoms with Gasteiger partial charge >= 0.3 is 0 Å². The van der Waals surface area contributed by atoms with Crippen LogP contribution in [0.5, 0.6) is 0 Å². The predicted octanol–water partition coefficient (Wildman–Crippen LogP) is 5.42. The Kier molecular flexibility index (Phi) is 7.78. The van der Waals surface area contributed by atoms with Crippen molar-refractivity contribution in [3.63, 3.8) is 0 Å². The molecule has 1 nitrogen and oxygen atoms in total. The van der Waals surface area contributed by atoms with Crippen LogP contribution in [0.15, 0.2) is 12.1 Å². The van der Waals surface area contributed by atoms with Crippen molar-refractivity contribution in [2.24, 2.45) is 0 Å². The molecular formula is C13H14Cl3LiOP. The second-order valence-corrected chi connectivity index (χ2v) is 7.36. The molecule has 1 atom stereocenters. The van der Waals surface area contributed by atoms with Crippen LogP contribution in [-0.2, 0) is 0 Å². The maximum absolute atomic E-state index is 12.3. The van der Waals surface area contributed by atoms with Gasteiger partial charge in [-0.15, -0.1) is 0 Å². The van der Waals surface area contributed by atoms with Gasteiger partial charge < -0.3 is 0 Å². The maximum atomic E-state index is 12.3. The maximum Gasteiger partial charge on any atom is 0.184 e. The van der Waals surface area contributed by atoms with Gasteiger partial charge in [0.05, 0.1) is 15.6 Å². The zero-order chi connectivity index (χ0) is 13.1. The smallest absolute Gasteiger partial charge is 0.184 e. The molecule has 0 aliphatic heterocycles. The predicted molar refractivity (Wildman–Crippen MR) is 86.7 cm³/mol. The van der Waals surface area contributed by atoms with Crippen LogP contribution >= 0.6 is 43.4 Å². The van der Waals surface area contributed by atoms with E-state index in [4.69, 9.17) is 34.8 Å². The Bertz CT molecular complexity index is 438. The summed E-state index contributed by atoms with van der Waals surface area (Å²) in [6, 6.07) is 3.15. The molecule has 0 aromatic heterocycles. The molecule has 1 aromatic carbocycles. The van der Waals surface area contributed by atoms with Crippen LogP contribution in [0.3, 0.4) is 0 Å². The van der Waals surface area contributed by atoms with Gasteiger partial charge in [0.1, 0.15) is 0 Å². The molecule has 1 fully saturated rings. The molecule has 1 aliphatic carbocycles. The largest absolute Gasteiger partial charge is 0.289 e. The van der Waals surface area contributed by atoms with E-state index in [1.54, 1.807) is 12.1 Å². The molecule has 1 saturated carbocycles. The Balaban J connectivity index is 0.00000180. The summed E-state index contributed by atoms with van der Waals surface area (Å²) < 4.78 is 0. The van der Waals surface area contributed by atoms with Crippen molar-refractivity contribution in [2.75, 3.05) is 0 Å². The second-order valence-electron chi connectivity index (χ2n) is 4.55. The van der Waals surface area contributed by atoms with E-state index < -0.39 is 0 Å². The third-order valence-corrected chi connectivity index (χ3v) is 5.49. The summed E-state index contributed by atoms with van der Waals surface area (Å²) in [7, 11) is 0.271. The molecule has 2 rings (SSSR count). The van der Waals surface area contributed by atoms with Crippen molar-refractivity contribution >= 4 is 67.8 Å². The molecule has 1 radical (unpaired) electrons. The minimum Gasteiger partial charge on any atom is -0.289 e. The Morgan fingerprint density at radius 2 is 1.58 bits per heavy atom. The van der Waals surface area contributed by atoms with Crippen LogP contribution in [0.25, 0.3) is 0 Å². The van der Waals surface area contributed by atoms with E-state index in [-0.39, 0.29) is 33.0 Å². The van der Waals surface area contributed by atoms with E-state index >= 15 is 0 Å². The Morgan fingerprint density at radius 3 is 2.11 bits per heavy atom. The molecule has 0 saturated heterocycles. The van der Waals surface area contributed by atoms with Crippen LogP contribution < -0.4 is 0 Å². The van der Waals surface area contributed by atoms with Crippen LogP contribution in [0.1, 0.15) is 42.5 Å². The number of carbonyl (C=O) groups excluding carboxylic acids is 1. The molecule has 0 spiro atoms. The molecule has 19 heavy (non-hydrogen) atoms. The molecular weight excluding hydrogens is 316 g/mol. The number of hydrogen-bond acceptors (Lipinski definition) is 1. The van der Waals surface area contributed by atoms with Gasteiger partial charge in [-0.25, -0.2) is 0 Å². The normalized spacial score (nSPS) is 16.6. The summed E-state index contributed by atoms with van der Waals surface area (Å²) in [6.45, 7) is 0. The van der Waals surface area contributed by atoms with Crippen molar-refractivity contribution in [2.45, 2.75) is 37.8 Å². The van der Waals surface area contributed by atoms with E-state index in [0.29, 0.717) is 26.3 Å². The van der Waals surface area contributed by atoms with E-state index in [1.807, 2.05) is 0 Å². The van der Waals surface area contributed by atoms with Gasteiger partial charge in [0.2, 0.25) is 0 Å². The summed E-state index contributed by atoms with van der Waals surface area (Å²) in [4.78, 5) is 12.3. The van der Waals surface area contributed by atoms with Gasteiger partial charge in [0, 0.05) is 23.9 Å². The molecule has 1 aromatic rings. The van der Waals surface area contributed by atoms with Crippen LogP contribution in [0.4, 0.5) is 0 Å². The van der Waals surface area contributed by atoms with Crippen molar-refractivity contribution in [3.05, 3.63) is 32.8 Å². The first-order valence-electron chi connectivity index (χ1n) is 6.03. The SMILES string of the molecule is O=C(PC1CCCCC1)c1c(Cl)cc(Cl)cc1Cl.[Li]. The molecule has 0 bridgehead atoms. The first kappa shape index (κ1) is 17.8. The van der Waals surface area contributed by atoms with Gasteiger partial charge in [-0.1, -0.05) is 54.1 Å². The number of halogens is 3. The van der Waals surface area contributed by atoms with Gasteiger partial charge in [-0.3, -0.25) is 4.79 Å². The van der Waals surface area contributed by atoms with Gasteiger partial charge in [-0.2, -0.15) is 0 Å². The fraction of sp³-hybridized carbons (Fsp3) is 0.462. The Morgan fingerprint density at radius 1 is 1.05 bits per heavy atom. The zero-order valence-corrected chi connectivity index (χ0v) is 14.1. The van der Waals surface area contributed by atoms with Crippen LogP contribution in [0.2, 0.25) is 15.1 Å². The first-order chi connectivity index (χ1) is 8.58. The van der Waals surface area contributed by atoms with Crippen molar-refractivity contribution < 1.29 is 4.79 Å². The number of hydrogen-bond donors (Lipinski definition) is 0. The zero-order valence-electron chi connectivity index (χ0n) is 10.8. The van der Waals surface area contributed by atoms with Crippen molar-refractivity contribution in [1.29, 1.82) is 0 Å². The summed E-state index contributed by atoms with van der Waals surface area (Å²) in [6.07, 6.45) is 6.04. The van der Waals surface area contributed by atoms with Gasteiger partial charge in [0.15, 0.2) is 5.52 Å². The molecule has 99 valence electrons. The monoisotopic (exact) mass is 329 g/mol. The van der Waals surface area contributed by atoms with Crippen molar-refractivity contribution in [3.8, 4) is 0 Å². The molecule has 0 N–H and O–H groups in total. The molecule has 1 aliphatic rings. The summed E-state index contributed by atoms with van der Waals surface area (Å²) in [5.74, 6) is 0. The van der Waals surface area contributed by atoms with E-state index in [2.05, 4.69) is 0 Å². The fourth-order valence-electron chi connectivity index (χ4n) is 2.26. The molecule has 0 heterocycles. The number of carbonyl (C=O) groups is 1. The topological polar surface area (TPSA) is 17.1 Å². The Hall–Kier alpha value is 0.787. The van der Waals surface area contributed by atoms with Gasteiger partial charge in [0.25, 0.3) is 0 Å². The summed E-state index contributed by atoms with van der Waals surface area (Å²) in [5, 5.41) is 1.18. The third-order valence-electron chi connectivity index (χ3n) is 3.17. The third kappa shape index (κ3) is 4.93. The summed E-state index contributed by atoms with van der Waals surface area (Å²) in [5.41, 5.74) is 1.01. The Labute approximate surface area is 142 Å². The minimum absolute atomic E-state index is 0. The van der Waals surface area contributed by atoms with E-state index in [0.717, 1.165) is 12.8 Å². The van der Waals surface area contributed by atoms with Gasteiger partial charge in [-0.05, 0) is 39.2 Å². The minimum atomic E-state index is 0. The molecule has 1 unspecified atom stereocenters. The number of benzene rings is 1. The van der Waals surface area contributed by atoms with Crippen molar-refractivity contribution in [1.82, 2.24) is 0 Å². The second kappa shape index (κ2) is 8.28. The quantitative estimate of drug-likeness (QED) is 0.534. The number of rotatable bonds is 3. The first-order valence-corrected chi connectivity index (χ1v) is 8.24. The van der Waals surface area contributed by atoms with E-state index in [1.165, 1.54) is 19.3 Å². The van der Waals surface area contributed by atoms with Crippen LogP contribution in [-0.4, -0.2) is 30.0 Å². The summed E-state index contributed by atoms with van der Waals surface area (Å²) >= 11 is 18.0. The average Bonchev–Trinajstić information content (AvgIpc) is 2.28. The van der Waals surface area contributed by atoms with Crippen LogP contribution in [0, 0.1) is 0 Å².